The van der Waals surface area contributed by atoms with Crippen LogP contribution < -0.4 is 18.9 Å². The van der Waals surface area contributed by atoms with Crippen LogP contribution in [-0.4, -0.2) is 32.4 Å². The minimum Gasteiger partial charge on any atom is -0.493 e. The topological polar surface area (TPSA) is 40.2 Å². The summed E-state index contributed by atoms with van der Waals surface area (Å²) in [6.07, 6.45) is 2.05. The zero-order valence-corrected chi connectivity index (χ0v) is 14.0. The van der Waals surface area contributed by atoms with Gasteiger partial charge in [-0.1, -0.05) is 6.07 Å². The molecular weight excluding hydrogens is 318 g/mol. The lowest BCUT2D eigenvalue weighted by molar-refractivity contribution is 0.174. The fourth-order valence-corrected chi connectivity index (χ4v) is 3.52. The smallest absolute Gasteiger partial charge is 0.231 e. The highest BCUT2D eigenvalue weighted by atomic mass is 16.7. The molecule has 0 radical (unpaired) electrons. The zero-order chi connectivity index (χ0) is 19.6. The maximum Gasteiger partial charge on any atom is 0.231 e. The van der Waals surface area contributed by atoms with Crippen molar-refractivity contribution < 1.29 is 23.1 Å². The standard InChI is InChI=1S/C20H19NO4/c1-22-17-4-3-12-7-16-14-9-19-18(24-11-25-19)8-13(14)5-6-21(16)10-15(12)20(17)23-2/h3-4,7-9H,5-6,10-11H2,1-2H3/i6D2,10D. The first-order valence-corrected chi connectivity index (χ1v) is 8.05. The molecular formula is C20H19NO4. The first kappa shape index (κ1) is 11.7. The van der Waals surface area contributed by atoms with Gasteiger partial charge in [0.2, 0.25) is 6.79 Å². The number of benzene rings is 2. The Morgan fingerprint density at radius 1 is 1.12 bits per heavy atom. The van der Waals surface area contributed by atoms with Gasteiger partial charge in [-0.2, -0.15) is 0 Å². The number of fused-ring (bicyclic) bond motifs is 5. The predicted molar refractivity (Wildman–Crippen MR) is 94.1 cm³/mol. The largest absolute Gasteiger partial charge is 0.493 e. The van der Waals surface area contributed by atoms with Gasteiger partial charge in [-0.15, -0.1) is 0 Å². The van der Waals surface area contributed by atoms with Crippen LogP contribution in [-0.2, 0) is 12.9 Å². The van der Waals surface area contributed by atoms with Crippen molar-refractivity contribution >= 4 is 11.8 Å². The molecule has 3 aliphatic heterocycles. The molecule has 1 unspecified atom stereocenters. The van der Waals surface area contributed by atoms with Gasteiger partial charge >= 0.3 is 0 Å². The van der Waals surface area contributed by atoms with E-state index in [-0.39, 0.29) is 13.2 Å². The van der Waals surface area contributed by atoms with Crippen LogP contribution in [0.4, 0.5) is 0 Å². The lowest BCUT2D eigenvalue weighted by atomic mass is 9.90. The molecule has 0 N–H and O–H groups in total. The van der Waals surface area contributed by atoms with Crippen molar-refractivity contribution in [2.45, 2.75) is 12.9 Å². The Hall–Kier alpha value is -2.82. The fraction of sp³-hybridized carbons (Fsp3) is 0.300. The summed E-state index contributed by atoms with van der Waals surface area (Å²) in [5, 5.41) is 0. The Labute approximate surface area is 150 Å². The third-order valence-electron chi connectivity index (χ3n) is 4.74. The van der Waals surface area contributed by atoms with Crippen LogP contribution in [0.15, 0.2) is 24.3 Å². The predicted octanol–water partition coefficient (Wildman–Crippen LogP) is 3.30. The molecule has 5 rings (SSSR count). The van der Waals surface area contributed by atoms with E-state index in [4.69, 9.17) is 23.1 Å². The lowest BCUT2D eigenvalue weighted by Crippen LogP contribution is -2.31. The molecule has 0 aromatic heterocycles. The normalized spacial score (nSPS) is 23.3. The molecule has 2 aromatic rings. The summed E-state index contributed by atoms with van der Waals surface area (Å²) in [7, 11) is 3.08. The number of ether oxygens (including phenoxy) is 4. The first-order chi connectivity index (χ1) is 13.4. The molecule has 5 heteroatoms. The van der Waals surface area contributed by atoms with Crippen molar-refractivity contribution in [1.29, 1.82) is 0 Å². The maximum absolute atomic E-state index is 8.90. The number of methoxy groups -OCH3 is 2. The number of aryl methyl sites for hydroxylation is 1. The van der Waals surface area contributed by atoms with Crippen LogP contribution >= 0.6 is 0 Å². The van der Waals surface area contributed by atoms with E-state index in [1.807, 2.05) is 24.3 Å². The number of hydrogen-bond donors (Lipinski definition) is 0. The lowest BCUT2D eigenvalue weighted by Gasteiger charge is -2.37. The van der Waals surface area contributed by atoms with Gasteiger partial charge in [0, 0.05) is 32.6 Å². The van der Waals surface area contributed by atoms with Gasteiger partial charge in [-0.3, -0.25) is 0 Å². The van der Waals surface area contributed by atoms with Gasteiger partial charge < -0.3 is 23.8 Å². The Bertz CT molecular complexity index is 1020. The third-order valence-corrected chi connectivity index (χ3v) is 4.74. The molecule has 3 heterocycles. The molecule has 128 valence electrons. The van der Waals surface area contributed by atoms with E-state index in [0.717, 1.165) is 16.7 Å². The number of nitrogens with zero attached hydrogens (tertiary/aromatic N) is 1. The van der Waals surface area contributed by atoms with Crippen LogP contribution in [0.1, 0.15) is 26.4 Å². The van der Waals surface area contributed by atoms with Gasteiger partial charge in [0.15, 0.2) is 23.0 Å². The van der Waals surface area contributed by atoms with Gasteiger partial charge in [0.25, 0.3) is 0 Å². The summed E-state index contributed by atoms with van der Waals surface area (Å²) in [6.45, 7) is -2.56. The second-order valence-electron chi connectivity index (χ2n) is 6.03. The van der Waals surface area contributed by atoms with E-state index in [1.54, 1.807) is 13.2 Å². The Balaban J connectivity index is 1.76. The summed E-state index contributed by atoms with van der Waals surface area (Å²) < 4.78 is 48.1. The van der Waals surface area contributed by atoms with Crippen molar-refractivity contribution in [1.82, 2.24) is 4.90 Å². The molecule has 1 atom stereocenters. The minimum atomic E-state index is -1.75. The highest BCUT2D eigenvalue weighted by molar-refractivity contribution is 5.87. The second-order valence-corrected chi connectivity index (χ2v) is 6.03. The minimum absolute atomic E-state index is 0.146. The maximum atomic E-state index is 8.90. The van der Waals surface area contributed by atoms with Crippen LogP contribution in [0.25, 0.3) is 11.8 Å². The van der Waals surface area contributed by atoms with E-state index >= 15 is 0 Å². The quantitative estimate of drug-likeness (QED) is 0.839. The Morgan fingerprint density at radius 2 is 1.96 bits per heavy atom. The zero-order valence-electron chi connectivity index (χ0n) is 17.0. The molecule has 0 fully saturated rings. The molecule has 3 aliphatic rings. The molecule has 5 nitrogen and oxygen atoms in total. The highest BCUT2D eigenvalue weighted by Crippen LogP contribution is 2.45. The molecule has 25 heavy (non-hydrogen) atoms. The van der Waals surface area contributed by atoms with E-state index in [2.05, 4.69) is 0 Å². The van der Waals surface area contributed by atoms with E-state index in [0.29, 0.717) is 34.3 Å². The number of rotatable bonds is 2. The van der Waals surface area contributed by atoms with Crippen LogP contribution in [0, 0.1) is 0 Å². The fourth-order valence-electron chi connectivity index (χ4n) is 3.52. The van der Waals surface area contributed by atoms with Crippen LogP contribution in [0.3, 0.4) is 0 Å². The average molecular weight is 340 g/mol. The molecule has 0 spiro atoms. The summed E-state index contributed by atoms with van der Waals surface area (Å²) in [5.74, 6) is 2.26. The Morgan fingerprint density at radius 3 is 2.76 bits per heavy atom. The molecule has 0 saturated heterocycles. The van der Waals surface area contributed by atoms with Crippen molar-refractivity contribution in [3.8, 4) is 23.0 Å². The van der Waals surface area contributed by atoms with Gasteiger partial charge in [0.1, 0.15) is 0 Å². The first-order valence-electron chi connectivity index (χ1n) is 9.63. The molecule has 0 amide bonds. The van der Waals surface area contributed by atoms with Crippen molar-refractivity contribution in [3.63, 3.8) is 0 Å². The van der Waals surface area contributed by atoms with Gasteiger partial charge in [-0.05, 0) is 41.8 Å². The molecule has 0 bridgehead atoms. The van der Waals surface area contributed by atoms with E-state index in [1.165, 1.54) is 12.0 Å². The Kier molecular flexibility index (Phi) is 2.50. The summed E-state index contributed by atoms with van der Waals surface area (Å²) in [6, 6.07) is 7.40. The van der Waals surface area contributed by atoms with Crippen molar-refractivity contribution in [2.24, 2.45) is 0 Å². The summed E-state index contributed by atoms with van der Waals surface area (Å²) in [4.78, 5) is 1.50. The van der Waals surface area contributed by atoms with Gasteiger partial charge in [0.05, 0.1) is 15.6 Å². The summed E-state index contributed by atoms with van der Waals surface area (Å²) in [5.41, 5.74) is 3.76. The van der Waals surface area contributed by atoms with Crippen LogP contribution in [0.5, 0.6) is 23.0 Å². The molecule has 0 aliphatic carbocycles. The van der Waals surface area contributed by atoms with Gasteiger partial charge in [-0.25, -0.2) is 0 Å². The van der Waals surface area contributed by atoms with E-state index < -0.39 is 13.0 Å². The molecule has 2 aromatic carbocycles. The molecule has 0 saturated carbocycles. The van der Waals surface area contributed by atoms with Crippen LogP contribution in [0.2, 0.25) is 0 Å². The summed E-state index contributed by atoms with van der Waals surface area (Å²) >= 11 is 0. The SMILES string of the molecule is [2H]C1c2c(ccc(OC)c2OC)C=C2c3cc4c(cc3CC([2H])([2H])N21)OCO4. The highest BCUT2D eigenvalue weighted by Gasteiger charge is 2.30. The third kappa shape index (κ3) is 2.08. The van der Waals surface area contributed by atoms with Crippen molar-refractivity contribution in [2.75, 3.05) is 27.5 Å². The second kappa shape index (κ2) is 5.34. The number of hydrogen-bond acceptors (Lipinski definition) is 5. The average Bonchev–Trinajstić information content (AvgIpc) is 3.12. The van der Waals surface area contributed by atoms with E-state index in [9.17, 15) is 0 Å². The monoisotopic (exact) mass is 340 g/mol. The van der Waals surface area contributed by atoms with Crippen molar-refractivity contribution in [3.05, 3.63) is 46.5 Å².